The summed E-state index contributed by atoms with van der Waals surface area (Å²) in [5.74, 6) is -0.950. The molecule has 1 aromatic carbocycles. The van der Waals surface area contributed by atoms with Gasteiger partial charge in [-0.05, 0) is 37.1 Å². The highest BCUT2D eigenvalue weighted by Crippen LogP contribution is 2.27. The van der Waals surface area contributed by atoms with Gasteiger partial charge in [0.2, 0.25) is 5.91 Å². The van der Waals surface area contributed by atoms with Crippen molar-refractivity contribution >= 4 is 11.8 Å². The first-order valence-electron chi connectivity index (χ1n) is 8.01. The molecule has 1 fully saturated rings. The van der Waals surface area contributed by atoms with Crippen LogP contribution in [0.5, 0.6) is 0 Å². The average Bonchev–Trinajstić information content (AvgIpc) is 2.54. The van der Waals surface area contributed by atoms with E-state index in [0.29, 0.717) is 18.4 Å². The maximum atomic E-state index is 12.8. The Balaban J connectivity index is 1.66. The summed E-state index contributed by atoms with van der Waals surface area (Å²) < 4.78 is 12.8. The summed E-state index contributed by atoms with van der Waals surface area (Å²) in [5, 5.41) is 15.6. The number of halogens is 1. The maximum absolute atomic E-state index is 12.8. The molecule has 0 saturated heterocycles. The van der Waals surface area contributed by atoms with Crippen molar-refractivity contribution in [2.24, 2.45) is 0 Å². The zero-order valence-corrected chi connectivity index (χ0v) is 13.1. The van der Waals surface area contributed by atoms with Crippen LogP contribution in [-0.2, 0) is 4.79 Å². The lowest BCUT2D eigenvalue weighted by atomic mass is 9.85. The molecule has 1 saturated carbocycles. The van der Waals surface area contributed by atoms with E-state index in [9.17, 15) is 19.1 Å². The van der Waals surface area contributed by atoms with E-state index in [2.05, 4.69) is 10.6 Å². The molecule has 1 aliphatic carbocycles. The Morgan fingerprint density at radius 2 is 1.74 bits per heavy atom. The molecule has 3 N–H and O–H groups in total. The molecule has 0 heterocycles. The van der Waals surface area contributed by atoms with E-state index in [1.807, 2.05) is 0 Å². The first-order chi connectivity index (χ1) is 11.0. The third-order valence-corrected chi connectivity index (χ3v) is 4.14. The van der Waals surface area contributed by atoms with Crippen molar-refractivity contribution < 1.29 is 19.1 Å². The smallest absolute Gasteiger partial charge is 0.251 e. The van der Waals surface area contributed by atoms with Gasteiger partial charge in [0.25, 0.3) is 5.91 Å². The molecular formula is C17H23FN2O3. The fourth-order valence-electron chi connectivity index (χ4n) is 2.73. The SMILES string of the molecule is O=C(CCNC(=O)c1ccc(F)cc1)NCC1(O)CCCCC1. The average molecular weight is 322 g/mol. The molecule has 126 valence electrons. The molecule has 0 spiro atoms. The number of rotatable bonds is 6. The minimum atomic E-state index is -0.786. The Labute approximate surface area is 135 Å². The van der Waals surface area contributed by atoms with Gasteiger partial charge >= 0.3 is 0 Å². The van der Waals surface area contributed by atoms with Gasteiger partial charge in [0.05, 0.1) is 5.60 Å². The second kappa shape index (κ2) is 8.06. The zero-order chi connectivity index (χ0) is 16.7. The van der Waals surface area contributed by atoms with Crippen molar-refractivity contribution in [2.45, 2.75) is 44.1 Å². The first-order valence-corrected chi connectivity index (χ1v) is 8.01. The van der Waals surface area contributed by atoms with Crippen LogP contribution in [0.4, 0.5) is 4.39 Å². The van der Waals surface area contributed by atoms with E-state index in [0.717, 1.165) is 19.3 Å². The van der Waals surface area contributed by atoms with E-state index in [4.69, 9.17) is 0 Å². The monoisotopic (exact) mass is 322 g/mol. The lowest BCUT2D eigenvalue weighted by Gasteiger charge is -2.32. The third-order valence-electron chi connectivity index (χ3n) is 4.14. The van der Waals surface area contributed by atoms with E-state index >= 15 is 0 Å². The zero-order valence-electron chi connectivity index (χ0n) is 13.1. The van der Waals surface area contributed by atoms with E-state index < -0.39 is 11.4 Å². The maximum Gasteiger partial charge on any atom is 0.251 e. The van der Waals surface area contributed by atoms with E-state index in [1.54, 1.807) is 0 Å². The molecule has 0 bridgehead atoms. The van der Waals surface area contributed by atoms with Crippen LogP contribution in [0, 0.1) is 5.82 Å². The van der Waals surface area contributed by atoms with E-state index in [1.165, 1.54) is 24.3 Å². The summed E-state index contributed by atoms with van der Waals surface area (Å²) in [7, 11) is 0. The first kappa shape index (κ1) is 17.4. The summed E-state index contributed by atoms with van der Waals surface area (Å²) >= 11 is 0. The van der Waals surface area contributed by atoms with Crippen molar-refractivity contribution in [1.82, 2.24) is 10.6 Å². The molecule has 1 aliphatic rings. The molecule has 6 heteroatoms. The lowest BCUT2D eigenvalue weighted by Crippen LogP contribution is -2.44. The molecule has 0 aliphatic heterocycles. The fraction of sp³-hybridized carbons (Fsp3) is 0.529. The standard InChI is InChI=1S/C17H23FN2O3/c18-14-6-4-13(5-7-14)16(22)19-11-8-15(21)20-12-17(23)9-2-1-3-10-17/h4-7,23H,1-3,8-12H2,(H,19,22)(H,20,21). The second-order valence-electron chi connectivity index (χ2n) is 6.07. The van der Waals surface area contributed by atoms with Gasteiger partial charge in [0.1, 0.15) is 5.82 Å². The van der Waals surface area contributed by atoms with Gasteiger partial charge in [0, 0.05) is 25.1 Å². The van der Waals surface area contributed by atoms with Gasteiger partial charge in [-0.1, -0.05) is 19.3 Å². The molecule has 0 unspecified atom stereocenters. The molecule has 0 atom stereocenters. The van der Waals surface area contributed by atoms with Crippen molar-refractivity contribution in [2.75, 3.05) is 13.1 Å². The molecule has 2 rings (SSSR count). The van der Waals surface area contributed by atoms with Crippen LogP contribution in [0.1, 0.15) is 48.9 Å². The topological polar surface area (TPSA) is 78.4 Å². The number of hydrogen-bond acceptors (Lipinski definition) is 3. The number of nitrogens with one attached hydrogen (secondary N) is 2. The van der Waals surface area contributed by atoms with Crippen molar-refractivity contribution in [3.8, 4) is 0 Å². The summed E-state index contributed by atoms with van der Waals surface area (Å²) in [6, 6.07) is 5.21. The minimum absolute atomic E-state index is 0.142. The van der Waals surface area contributed by atoms with Crippen LogP contribution in [0.3, 0.4) is 0 Å². The van der Waals surface area contributed by atoms with Crippen molar-refractivity contribution in [1.29, 1.82) is 0 Å². The van der Waals surface area contributed by atoms with Crippen LogP contribution >= 0.6 is 0 Å². The Hall–Kier alpha value is -1.95. The summed E-state index contributed by atoms with van der Waals surface area (Å²) in [6.45, 7) is 0.457. The van der Waals surface area contributed by atoms with Crippen LogP contribution in [0.15, 0.2) is 24.3 Å². The number of benzene rings is 1. The summed E-state index contributed by atoms with van der Waals surface area (Å²) in [5.41, 5.74) is -0.436. The minimum Gasteiger partial charge on any atom is -0.388 e. The molecule has 5 nitrogen and oxygen atoms in total. The third kappa shape index (κ3) is 5.63. The number of carbonyl (C=O) groups is 2. The van der Waals surface area contributed by atoms with Crippen LogP contribution in [0.2, 0.25) is 0 Å². The second-order valence-corrected chi connectivity index (χ2v) is 6.07. The molecule has 2 amide bonds. The number of aliphatic hydroxyl groups is 1. The normalized spacial score (nSPS) is 16.6. The quantitative estimate of drug-likeness (QED) is 0.747. The lowest BCUT2D eigenvalue weighted by molar-refractivity contribution is -0.122. The number of carbonyl (C=O) groups excluding carboxylic acids is 2. The van der Waals surface area contributed by atoms with Crippen LogP contribution in [0.25, 0.3) is 0 Å². The van der Waals surface area contributed by atoms with Crippen LogP contribution < -0.4 is 10.6 Å². The highest BCUT2D eigenvalue weighted by atomic mass is 19.1. The Morgan fingerprint density at radius 1 is 1.09 bits per heavy atom. The van der Waals surface area contributed by atoms with Gasteiger partial charge in [0.15, 0.2) is 0 Å². The number of hydrogen-bond donors (Lipinski definition) is 3. The summed E-state index contributed by atoms with van der Waals surface area (Å²) in [4.78, 5) is 23.6. The molecule has 23 heavy (non-hydrogen) atoms. The van der Waals surface area contributed by atoms with Gasteiger partial charge in [-0.15, -0.1) is 0 Å². The van der Waals surface area contributed by atoms with Crippen molar-refractivity contribution in [3.63, 3.8) is 0 Å². The Bertz CT molecular complexity index is 539. The highest BCUT2D eigenvalue weighted by Gasteiger charge is 2.29. The van der Waals surface area contributed by atoms with Gasteiger partial charge < -0.3 is 15.7 Å². The largest absolute Gasteiger partial charge is 0.388 e. The molecular weight excluding hydrogens is 299 g/mol. The van der Waals surface area contributed by atoms with Gasteiger partial charge in [-0.2, -0.15) is 0 Å². The highest BCUT2D eigenvalue weighted by molar-refractivity contribution is 5.94. The molecule has 0 radical (unpaired) electrons. The van der Waals surface area contributed by atoms with Crippen molar-refractivity contribution in [3.05, 3.63) is 35.6 Å². The Morgan fingerprint density at radius 3 is 2.39 bits per heavy atom. The Kier molecular flexibility index (Phi) is 6.10. The van der Waals surface area contributed by atoms with Gasteiger partial charge in [-0.25, -0.2) is 4.39 Å². The summed E-state index contributed by atoms with van der Waals surface area (Å²) in [6.07, 6.45) is 4.68. The van der Waals surface area contributed by atoms with Crippen LogP contribution in [-0.4, -0.2) is 35.6 Å². The number of amides is 2. The molecule has 1 aromatic rings. The van der Waals surface area contributed by atoms with Gasteiger partial charge in [-0.3, -0.25) is 9.59 Å². The molecule has 0 aromatic heterocycles. The predicted octanol–water partition coefficient (Wildman–Crippen LogP) is 1.76. The fourth-order valence-corrected chi connectivity index (χ4v) is 2.73. The van der Waals surface area contributed by atoms with E-state index in [-0.39, 0.29) is 31.3 Å². The predicted molar refractivity (Wildman–Crippen MR) is 84.4 cm³/mol.